The molecule has 0 aliphatic heterocycles. The fraction of sp³-hybridized carbons (Fsp3) is 0.125. The lowest BCUT2D eigenvalue weighted by atomic mass is 9.97. The first-order valence-corrected chi connectivity index (χ1v) is 6.92. The number of phenols is 1. The third kappa shape index (κ3) is 2.94. The predicted octanol–water partition coefficient (Wildman–Crippen LogP) is 2.46. The van der Waals surface area contributed by atoms with Crippen molar-refractivity contribution in [2.24, 2.45) is 0 Å². The second-order valence-electron chi connectivity index (χ2n) is 4.85. The number of aromatic nitrogens is 3. The molecule has 7 heteroatoms. The van der Waals surface area contributed by atoms with E-state index in [2.05, 4.69) is 15.6 Å². The number of aromatic hydroxyl groups is 1. The molecule has 0 saturated carbocycles. The highest BCUT2D eigenvalue weighted by atomic mass is 19.1. The molecule has 0 saturated heterocycles. The average Bonchev–Trinajstić information content (AvgIpc) is 3.09. The number of methoxy groups -OCH3 is 1. The number of benzene rings is 2. The minimum absolute atomic E-state index is 0.378. The van der Waals surface area contributed by atoms with Crippen LogP contribution in [0.15, 0.2) is 55.1 Å². The molecule has 1 aromatic heterocycles. The summed E-state index contributed by atoms with van der Waals surface area (Å²) in [7, 11) is 1.56. The summed E-state index contributed by atoms with van der Waals surface area (Å²) in [6.45, 7) is 0. The van der Waals surface area contributed by atoms with Gasteiger partial charge < -0.3 is 15.3 Å². The Balaban J connectivity index is 2.12. The summed E-state index contributed by atoms with van der Waals surface area (Å²) in [6.07, 6.45) is 2.94. The Morgan fingerprint density at radius 1 is 1.09 bits per heavy atom. The molecule has 0 bridgehead atoms. The maximum Gasteiger partial charge on any atom is 0.165 e. The number of hydrogen-bond donors (Lipinski definition) is 2. The maximum atomic E-state index is 13.8. The number of para-hydroxylation sites is 2. The van der Waals surface area contributed by atoms with Gasteiger partial charge in [0.2, 0.25) is 0 Å². The van der Waals surface area contributed by atoms with Crippen LogP contribution in [-0.2, 0) is 0 Å². The molecule has 0 aliphatic carbocycles. The van der Waals surface area contributed by atoms with Crippen molar-refractivity contribution < 1.29 is 14.2 Å². The first kappa shape index (κ1) is 14.8. The molecular weight excluding hydrogens is 299 g/mol. The van der Waals surface area contributed by atoms with E-state index in [1.165, 1.54) is 23.4 Å². The van der Waals surface area contributed by atoms with Crippen molar-refractivity contribution in [3.05, 3.63) is 72.1 Å². The maximum absolute atomic E-state index is 13.8. The highest BCUT2D eigenvalue weighted by Crippen LogP contribution is 2.35. The van der Waals surface area contributed by atoms with E-state index in [1.54, 1.807) is 25.3 Å². The Morgan fingerprint density at radius 2 is 1.78 bits per heavy atom. The Labute approximate surface area is 132 Å². The van der Waals surface area contributed by atoms with E-state index < -0.39 is 17.6 Å². The first-order chi connectivity index (χ1) is 11.2. The Morgan fingerprint density at radius 3 is 2.52 bits per heavy atom. The van der Waals surface area contributed by atoms with E-state index in [0.29, 0.717) is 11.3 Å². The second-order valence-corrected chi connectivity index (χ2v) is 4.85. The molecule has 6 nitrogen and oxygen atoms in total. The van der Waals surface area contributed by atoms with Crippen molar-refractivity contribution >= 4 is 0 Å². The van der Waals surface area contributed by atoms with Crippen molar-refractivity contribution in [3.8, 4) is 11.5 Å². The van der Waals surface area contributed by atoms with Crippen molar-refractivity contribution in [1.29, 1.82) is 0 Å². The average molecular weight is 314 g/mol. The molecule has 0 unspecified atom stereocenters. The summed E-state index contributed by atoms with van der Waals surface area (Å²) in [5, 5.41) is 17.6. The highest BCUT2D eigenvalue weighted by molar-refractivity contribution is 5.48. The third-order valence-electron chi connectivity index (χ3n) is 3.48. The van der Waals surface area contributed by atoms with Gasteiger partial charge in [-0.2, -0.15) is 0 Å². The van der Waals surface area contributed by atoms with E-state index in [9.17, 15) is 9.50 Å². The SMILES string of the molecule is COc1ccccc1[C@H](Nn1cnnc1)c1cccc(F)c1O. The Bertz CT molecular complexity index is 793. The number of nitrogens with zero attached hydrogens (tertiary/aromatic N) is 3. The molecule has 2 N–H and O–H groups in total. The van der Waals surface area contributed by atoms with Gasteiger partial charge in [0.1, 0.15) is 18.4 Å². The lowest BCUT2D eigenvalue weighted by Crippen LogP contribution is -2.21. The van der Waals surface area contributed by atoms with E-state index in [0.717, 1.165) is 5.56 Å². The van der Waals surface area contributed by atoms with Gasteiger partial charge in [0.05, 0.1) is 13.2 Å². The van der Waals surface area contributed by atoms with Gasteiger partial charge in [-0.3, -0.25) is 0 Å². The number of nitrogens with one attached hydrogen (secondary N) is 1. The number of phenolic OH excluding ortho intramolecular Hbond substituents is 1. The summed E-state index contributed by atoms with van der Waals surface area (Å²) in [5.41, 5.74) is 4.24. The number of ether oxygens (including phenoxy) is 1. The molecule has 0 amide bonds. The van der Waals surface area contributed by atoms with Gasteiger partial charge in [-0.15, -0.1) is 10.2 Å². The standard InChI is InChI=1S/C16H15FN4O2/c1-23-14-8-3-2-5-11(14)15(20-21-9-18-19-10-21)12-6-4-7-13(17)16(12)22/h2-10,15,20,22H,1H3/t15-/m0/s1. The van der Waals surface area contributed by atoms with Crippen LogP contribution in [0.5, 0.6) is 11.5 Å². The third-order valence-corrected chi connectivity index (χ3v) is 3.48. The quantitative estimate of drug-likeness (QED) is 0.757. The van der Waals surface area contributed by atoms with Crippen LogP contribution in [0.4, 0.5) is 4.39 Å². The molecule has 1 atom stereocenters. The fourth-order valence-corrected chi connectivity index (χ4v) is 2.39. The van der Waals surface area contributed by atoms with Crippen molar-refractivity contribution in [2.75, 3.05) is 12.5 Å². The lowest BCUT2D eigenvalue weighted by molar-refractivity contribution is 0.404. The van der Waals surface area contributed by atoms with Gasteiger partial charge in [-0.05, 0) is 12.1 Å². The molecule has 1 heterocycles. The van der Waals surface area contributed by atoms with Crippen molar-refractivity contribution in [3.63, 3.8) is 0 Å². The van der Waals surface area contributed by atoms with Gasteiger partial charge in [-0.1, -0.05) is 30.3 Å². The second kappa shape index (κ2) is 6.35. The molecule has 118 valence electrons. The van der Waals surface area contributed by atoms with Crippen LogP contribution in [0.1, 0.15) is 17.2 Å². The van der Waals surface area contributed by atoms with E-state index >= 15 is 0 Å². The zero-order valence-electron chi connectivity index (χ0n) is 12.3. The van der Waals surface area contributed by atoms with Crippen LogP contribution >= 0.6 is 0 Å². The molecule has 3 rings (SSSR count). The summed E-state index contributed by atoms with van der Waals surface area (Å²) < 4.78 is 20.7. The van der Waals surface area contributed by atoms with E-state index in [-0.39, 0.29) is 0 Å². The molecular formula is C16H15FN4O2. The van der Waals surface area contributed by atoms with Crippen molar-refractivity contribution in [2.45, 2.75) is 6.04 Å². The predicted molar refractivity (Wildman–Crippen MR) is 82.3 cm³/mol. The minimum Gasteiger partial charge on any atom is -0.505 e. The molecule has 2 aromatic carbocycles. The summed E-state index contributed by atoms with van der Waals surface area (Å²) in [6, 6.07) is 11.2. The highest BCUT2D eigenvalue weighted by Gasteiger charge is 2.22. The Hall–Kier alpha value is -3.09. The van der Waals surface area contributed by atoms with Crippen LogP contribution in [0.25, 0.3) is 0 Å². The van der Waals surface area contributed by atoms with Crippen LogP contribution in [0.3, 0.4) is 0 Å². The Kier molecular flexibility index (Phi) is 4.09. The largest absolute Gasteiger partial charge is 0.505 e. The summed E-state index contributed by atoms with van der Waals surface area (Å²) >= 11 is 0. The van der Waals surface area contributed by atoms with Gasteiger partial charge in [0.25, 0.3) is 0 Å². The smallest absolute Gasteiger partial charge is 0.165 e. The lowest BCUT2D eigenvalue weighted by Gasteiger charge is -2.23. The monoisotopic (exact) mass is 314 g/mol. The minimum atomic E-state index is -0.687. The zero-order chi connectivity index (χ0) is 16.2. The van der Waals surface area contributed by atoms with E-state index in [4.69, 9.17) is 4.74 Å². The van der Waals surface area contributed by atoms with Crippen LogP contribution in [-0.4, -0.2) is 27.1 Å². The van der Waals surface area contributed by atoms with E-state index in [1.807, 2.05) is 18.2 Å². The first-order valence-electron chi connectivity index (χ1n) is 6.92. The van der Waals surface area contributed by atoms with Gasteiger partial charge in [0, 0.05) is 11.1 Å². The van der Waals surface area contributed by atoms with Gasteiger partial charge >= 0.3 is 0 Å². The zero-order valence-corrected chi connectivity index (χ0v) is 12.3. The normalized spacial score (nSPS) is 11.9. The van der Waals surface area contributed by atoms with Crippen LogP contribution < -0.4 is 10.2 Å². The molecule has 23 heavy (non-hydrogen) atoms. The number of halogens is 1. The van der Waals surface area contributed by atoms with Gasteiger partial charge in [0.15, 0.2) is 11.6 Å². The van der Waals surface area contributed by atoms with Crippen LogP contribution in [0, 0.1) is 5.82 Å². The van der Waals surface area contributed by atoms with Crippen molar-refractivity contribution in [1.82, 2.24) is 14.9 Å². The summed E-state index contributed by atoms with van der Waals surface area (Å²) in [5.74, 6) is -0.487. The van der Waals surface area contributed by atoms with Gasteiger partial charge in [-0.25, -0.2) is 9.07 Å². The number of hydrogen-bond acceptors (Lipinski definition) is 5. The topological polar surface area (TPSA) is 72.2 Å². The fourth-order valence-electron chi connectivity index (χ4n) is 2.39. The molecule has 3 aromatic rings. The molecule has 0 radical (unpaired) electrons. The molecule has 0 spiro atoms. The molecule has 0 fully saturated rings. The summed E-state index contributed by atoms with van der Waals surface area (Å²) in [4.78, 5) is 0. The number of rotatable bonds is 5. The molecule has 0 aliphatic rings. The van der Waals surface area contributed by atoms with Crippen LogP contribution in [0.2, 0.25) is 0 Å².